The summed E-state index contributed by atoms with van der Waals surface area (Å²) in [5.41, 5.74) is 0.717. The maximum Gasteiger partial charge on any atom is 0.254 e. The van der Waals surface area contributed by atoms with Crippen LogP contribution in [0.1, 0.15) is 46.0 Å². The summed E-state index contributed by atoms with van der Waals surface area (Å²) in [5.74, 6) is -0.168. The molecule has 0 aromatic heterocycles. The molecule has 0 aliphatic carbocycles. The van der Waals surface area contributed by atoms with Crippen LogP contribution in [-0.2, 0) is 9.59 Å². The van der Waals surface area contributed by atoms with Crippen molar-refractivity contribution in [1.29, 1.82) is 0 Å². The Labute approximate surface area is 159 Å². The molecule has 0 bridgehead atoms. The molecule has 0 saturated heterocycles. The van der Waals surface area contributed by atoms with Gasteiger partial charge in [-0.25, -0.2) is 0 Å². The fraction of sp³-hybridized carbons (Fsp3) is 0.619. The number of rotatable bonds is 16. The van der Waals surface area contributed by atoms with Crippen LogP contribution < -0.4 is 10.6 Å². The summed E-state index contributed by atoms with van der Waals surface area (Å²) < 4.78 is 0. The van der Waals surface area contributed by atoms with Crippen LogP contribution in [0.3, 0.4) is 0 Å². The van der Waals surface area contributed by atoms with Gasteiger partial charge in [0.05, 0.1) is 0 Å². The fourth-order valence-corrected chi connectivity index (χ4v) is 2.50. The van der Waals surface area contributed by atoms with E-state index >= 15 is 0 Å². The zero-order valence-electron chi connectivity index (χ0n) is 16.9. The van der Waals surface area contributed by atoms with Crippen molar-refractivity contribution in [3.05, 3.63) is 36.0 Å². The number of unbranched alkanes of at least 4 members (excludes halogenated alkanes) is 2. The van der Waals surface area contributed by atoms with Crippen molar-refractivity contribution in [3.8, 4) is 0 Å². The molecule has 2 N–H and O–H groups in total. The predicted octanol–water partition coefficient (Wildman–Crippen LogP) is 2.85. The summed E-state index contributed by atoms with van der Waals surface area (Å²) in [4.78, 5) is 25.2. The van der Waals surface area contributed by atoms with E-state index in [-0.39, 0.29) is 5.91 Å². The van der Waals surface area contributed by atoms with E-state index in [1.165, 1.54) is 25.3 Å². The summed E-state index contributed by atoms with van der Waals surface area (Å²) in [7, 11) is 1.76. The Morgan fingerprint density at radius 1 is 1.04 bits per heavy atom. The highest BCUT2D eigenvalue weighted by Crippen LogP contribution is 2.09. The van der Waals surface area contributed by atoms with E-state index in [0.29, 0.717) is 24.0 Å². The van der Waals surface area contributed by atoms with Crippen LogP contribution in [0.2, 0.25) is 0 Å². The number of carbonyl (C=O) groups is 2. The second-order valence-electron chi connectivity index (χ2n) is 6.33. The third-order valence-corrected chi connectivity index (χ3v) is 4.08. The molecule has 0 unspecified atom stereocenters. The van der Waals surface area contributed by atoms with Gasteiger partial charge >= 0.3 is 0 Å². The number of hydrogen-bond donors (Lipinski definition) is 2. The van der Waals surface area contributed by atoms with E-state index in [0.717, 1.165) is 39.0 Å². The predicted molar refractivity (Wildman–Crippen MR) is 110 cm³/mol. The van der Waals surface area contributed by atoms with Gasteiger partial charge in [0.15, 0.2) is 6.29 Å². The van der Waals surface area contributed by atoms with Crippen LogP contribution in [0.25, 0.3) is 0 Å². The van der Waals surface area contributed by atoms with E-state index in [4.69, 9.17) is 0 Å². The van der Waals surface area contributed by atoms with Gasteiger partial charge in [0.1, 0.15) is 0 Å². The van der Waals surface area contributed by atoms with Crippen molar-refractivity contribution in [2.45, 2.75) is 46.0 Å². The van der Waals surface area contributed by atoms with E-state index in [1.807, 2.05) is 6.92 Å². The number of aldehydes is 1. The first-order valence-corrected chi connectivity index (χ1v) is 9.73. The first kappa shape index (κ1) is 24.3. The molecule has 0 aromatic carbocycles. The quantitative estimate of drug-likeness (QED) is 0.192. The third-order valence-electron chi connectivity index (χ3n) is 4.08. The number of nitrogens with one attached hydrogen (secondary N) is 2. The standard InChI is InChI=1S/C21H37N3O2/c1-5-8-13-22-14-9-10-15-23-16-11-17-24(4)21(26)20(7-3)19(18-25)12-6-2/h6-7,12,18,22-23H,3,5,8-11,13-17H2,1-2,4H3/b12-6-,20-19-. The maximum absolute atomic E-state index is 12.4. The summed E-state index contributed by atoms with van der Waals surface area (Å²) in [6.07, 6.45) is 11.2. The Morgan fingerprint density at radius 2 is 1.62 bits per heavy atom. The van der Waals surface area contributed by atoms with Gasteiger partial charge in [0.2, 0.25) is 0 Å². The molecule has 0 rings (SSSR count). The molecule has 0 radical (unpaired) electrons. The first-order chi connectivity index (χ1) is 12.6. The molecule has 26 heavy (non-hydrogen) atoms. The molecular weight excluding hydrogens is 326 g/mol. The first-order valence-electron chi connectivity index (χ1n) is 9.73. The Bertz CT molecular complexity index is 470. The monoisotopic (exact) mass is 363 g/mol. The van der Waals surface area contributed by atoms with Crippen molar-refractivity contribution >= 4 is 12.2 Å². The molecule has 0 saturated carbocycles. The van der Waals surface area contributed by atoms with Gasteiger partial charge in [0.25, 0.3) is 5.91 Å². The van der Waals surface area contributed by atoms with Crippen molar-refractivity contribution in [2.24, 2.45) is 0 Å². The van der Waals surface area contributed by atoms with Crippen LogP contribution in [0.5, 0.6) is 0 Å². The number of nitrogens with zero attached hydrogens (tertiary/aromatic N) is 1. The van der Waals surface area contributed by atoms with Crippen molar-refractivity contribution in [2.75, 3.05) is 39.8 Å². The zero-order valence-corrected chi connectivity index (χ0v) is 16.9. The van der Waals surface area contributed by atoms with E-state index in [9.17, 15) is 9.59 Å². The van der Waals surface area contributed by atoms with Gasteiger partial charge in [-0.2, -0.15) is 0 Å². The highest BCUT2D eigenvalue weighted by Gasteiger charge is 2.15. The number of likely N-dealkylation sites (N-methyl/N-ethyl adjacent to an activating group) is 1. The molecule has 0 aromatic rings. The lowest BCUT2D eigenvalue weighted by Gasteiger charge is -2.18. The van der Waals surface area contributed by atoms with Crippen LogP contribution >= 0.6 is 0 Å². The van der Waals surface area contributed by atoms with Gasteiger partial charge < -0.3 is 15.5 Å². The lowest BCUT2D eigenvalue weighted by Crippen LogP contribution is -2.31. The average Bonchev–Trinajstić information content (AvgIpc) is 2.65. The lowest BCUT2D eigenvalue weighted by molar-refractivity contribution is -0.125. The van der Waals surface area contributed by atoms with Crippen molar-refractivity contribution in [3.63, 3.8) is 0 Å². The molecule has 5 heteroatoms. The summed E-state index contributed by atoms with van der Waals surface area (Å²) in [6, 6.07) is 0. The van der Waals surface area contributed by atoms with Gasteiger partial charge in [-0.05, 0) is 58.8 Å². The minimum absolute atomic E-state index is 0.168. The molecule has 0 heterocycles. The summed E-state index contributed by atoms with van der Waals surface area (Å²) in [5, 5.41) is 6.85. The number of allylic oxidation sites excluding steroid dienone is 3. The van der Waals surface area contributed by atoms with Crippen LogP contribution in [-0.4, -0.2) is 56.9 Å². The van der Waals surface area contributed by atoms with Gasteiger partial charge in [-0.3, -0.25) is 9.59 Å². The summed E-state index contributed by atoms with van der Waals surface area (Å²) >= 11 is 0. The average molecular weight is 364 g/mol. The molecule has 1 amide bonds. The molecule has 148 valence electrons. The Hall–Kier alpha value is -1.72. The highest BCUT2D eigenvalue weighted by atomic mass is 16.2. The topological polar surface area (TPSA) is 61.4 Å². The van der Waals surface area contributed by atoms with Crippen molar-refractivity contribution < 1.29 is 9.59 Å². The molecule has 0 aliphatic heterocycles. The molecule has 0 atom stereocenters. The van der Waals surface area contributed by atoms with Gasteiger partial charge in [0, 0.05) is 24.7 Å². The van der Waals surface area contributed by atoms with Crippen LogP contribution in [0.15, 0.2) is 36.0 Å². The molecule has 5 nitrogen and oxygen atoms in total. The second kappa shape index (κ2) is 16.7. The molecule has 0 aliphatic rings. The SMILES string of the molecule is C=C/C(C(=O)N(C)CCCNCCCCNCCCC)=C(C=O)\C=C/C. The number of hydrogen-bond acceptors (Lipinski definition) is 4. The second-order valence-corrected chi connectivity index (χ2v) is 6.33. The Morgan fingerprint density at radius 3 is 2.12 bits per heavy atom. The number of amides is 1. The minimum atomic E-state index is -0.168. The smallest absolute Gasteiger partial charge is 0.254 e. The molecule has 0 fully saturated rings. The van der Waals surface area contributed by atoms with Gasteiger partial charge in [-0.15, -0.1) is 0 Å². The third kappa shape index (κ3) is 11.0. The molecular formula is C21H37N3O2. The van der Waals surface area contributed by atoms with E-state index in [1.54, 1.807) is 24.1 Å². The normalized spacial score (nSPS) is 12.1. The van der Waals surface area contributed by atoms with Gasteiger partial charge in [-0.1, -0.05) is 38.2 Å². The summed E-state index contributed by atoms with van der Waals surface area (Å²) in [6.45, 7) is 12.4. The minimum Gasteiger partial charge on any atom is -0.342 e. The van der Waals surface area contributed by atoms with E-state index in [2.05, 4.69) is 24.1 Å². The fourth-order valence-electron chi connectivity index (χ4n) is 2.50. The van der Waals surface area contributed by atoms with Crippen LogP contribution in [0, 0.1) is 0 Å². The van der Waals surface area contributed by atoms with Crippen molar-refractivity contribution in [1.82, 2.24) is 15.5 Å². The Kier molecular flexibility index (Phi) is 15.6. The lowest BCUT2D eigenvalue weighted by atomic mass is 10.1. The van der Waals surface area contributed by atoms with E-state index < -0.39 is 0 Å². The Balaban J connectivity index is 3.97. The number of carbonyl (C=O) groups excluding carboxylic acids is 2. The van der Waals surface area contributed by atoms with Crippen LogP contribution in [0.4, 0.5) is 0 Å². The maximum atomic E-state index is 12.4. The zero-order chi connectivity index (χ0) is 19.6. The largest absolute Gasteiger partial charge is 0.342 e. The molecule has 0 spiro atoms. The highest BCUT2D eigenvalue weighted by molar-refractivity contribution is 6.02.